The molecule has 3 aromatic rings. The van der Waals surface area contributed by atoms with Crippen LogP contribution in [0.3, 0.4) is 0 Å². The molecule has 0 amide bonds. The quantitative estimate of drug-likeness (QED) is 0.367. The van der Waals surface area contributed by atoms with Crippen molar-refractivity contribution < 1.29 is 14.8 Å². The molecular formula is C20H16ClN3O4. The van der Waals surface area contributed by atoms with E-state index < -0.39 is 10.9 Å². The van der Waals surface area contributed by atoms with E-state index in [0.29, 0.717) is 11.4 Å². The number of nitro groups is 1. The average molecular weight is 398 g/mol. The van der Waals surface area contributed by atoms with Crippen molar-refractivity contribution in [3.8, 4) is 5.69 Å². The number of rotatable bonds is 5. The Morgan fingerprint density at radius 1 is 1.18 bits per heavy atom. The number of aromatic nitrogens is 1. The fourth-order valence-corrected chi connectivity index (χ4v) is 3.13. The van der Waals surface area contributed by atoms with Crippen LogP contribution in [-0.4, -0.2) is 26.8 Å². The summed E-state index contributed by atoms with van der Waals surface area (Å²) in [6, 6.07) is 12.7. The molecule has 8 heteroatoms. The lowest BCUT2D eigenvalue weighted by Gasteiger charge is -2.11. The number of aryl methyl sites for hydroxylation is 1. The van der Waals surface area contributed by atoms with Gasteiger partial charge in [0.25, 0.3) is 5.69 Å². The monoisotopic (exact) mass is 397 g/mol. The Balaban J connectivity index is 1.95. The molecule has 7 nitrogen and oxygen atoms in total. The van der Waals surface area contributed by atoms with Crippen molar-refractivity contribution in [1.82, 2.24) is 4.57 Å². The fraction of sp³-hybridized carbons (Fsp3) is 0.100. The van der Waals surface area contributed by atoms with Crippen molar-refractivity contribution in [2.24, 2.45) is 4.99 Å². The van der Waals surface area contributed by atoms with Crippen molar-refractivity contribution in [2.75, 3.05) is 0 Å². The standard InChI is InChI=1S/C20H16ClN3O4/c1-12-9-14(11-22-15-3-5-16(6-4-15)24(27)28)13(2)23(12)17-7-8-19(21)18(10-17)20(25)26/h3-11H,1-2H3,(H,25,26). The molecule has 0 saturated heterocycles. The van der Waals surface area contributed by atoms with Gasteiger partial charge in [-0.15, -0.1) is 0 Å². The van der Waals surface area contributed by atoms with Crippen LogP contribution in [0.15, 0.2) is 53.5 Å². The first kappa shape index (κ1) is 19.3. The smallest absolute Gasteiger partial charge is 0.337 e. The molecule has 0 atom stereocenters. The molecule has 2 aromatic carbocycles. The van der Waals surface area contributed by atoms with Crippen molar-refractivity contribution in [2.45, 2.75) is 13.8 Å². The second-order valence-corrected chi connectivity index (χ2v) is 6.57. The summed E-state index contributed by atoms with van der Waals surface area (Å²) in [5.41, 5.74) is 3.95. The summed E-state index contributed by atoms with van der Waals surface area (Å²) < 4.78 is 1.92. The van der Waals surface area contributed by atoms with E-state index in [0.717, 1.165) is 17.0 Å². The average Bonchev–Trinajstić information content (AvgIpc) is 2.94. The highest BCUT2D eigenvalue weighted by atomic mass is 35.5. The Morgan fingerprint density at radius 2 is 1.86 bits per heavy atom. The number of hydrogen-bond donors (Lipinski definition) is 1. The fourth-order valence-electron chi connectivity index (χ4n) is 2.94. The van der Waals surface area contributed by atoms with Gasteiger partial charge in [-0.25, -0.2) is 4.79 Å². The third-order valence-electron chi connectivity index (χ3n) is 4.32. The van der Waals surface area contributed by atoms with Gasteiger partial charge in [-0.05, 0) is 50.2 Å². The van der Waals surface area contributed by atoms with E-state index in [-0.39, 0.29) is 16.3 Å². The zero-order valence-electron chi connectivity index (χ0n) is 15.1. The SMILES string of the molecule is Cc1cc(C=Nc2ccc([N+](=O)[O-])cc2)c(C)n1-c1ccc(Cl)c(C(=O)O)c1. The molecule has 3 rings (SSSR count). The number of halogens is 1. The van der Waals surface area contributed by atoms with E-state index in [2.05, 4.69) is 4.99 Å². The van der Waals surface area contributed by atoms with Crippen LogP contribution >= 0.6 is 11.6 Å². The molecule has 0 radical (unpaired) electrons. The number of carbonyl (C=O) groups is 1. The predicted octanol–water partition coefficient (Wildman–Crippen LogP) is 5.10. The summed E-state index contributed by atoms with van der Waals surface area (Å²) in [5, 5.41) is 20.2. The van der Waals surface area contributed by atoms with E-state index in [1.807, 2.05) is 24.5 Å². The Labute approximate surface area is 165 Å². The summed E-state index contributed by atoms with van der Waals surface area (Å²) in [6.07, 6.45) is 1.67. The molecule has 28 heavy (non-hydrogen) atoms. The number of aromatic carboxylic acids is 1. The van der Waals surface area contributed by atoms with Gasteiger partial charge >= 0.3 is 5.97 Å². The van der Waals surface area contributed by atoms with E-state index in [4.69, 9.17) is 11.6 Å². The zero-order valence-corrected chi connectivity index (χ0v) is 15.8. The van der Waals surface area contributed by atoms with Gasteiger partial charge in [-0.2, -0.15) is 0 Å². The summed E-state index contributed by atoms with van der Waals surface area (Å²) in [5.74, 6) is -1.09. The van der Waals surface area contributed by atoms with E-state index in [1.165, 1.54) is 18.2 Å². The molecular weight excluding hydrogens is 382 g/mol. The second-order valence-electron chi connectivity index (χ2n) is 6.16. The highest BCUT2D eigenvalue weighted by molar-refractivity contribution is 6.33. The maximum atomic E-state index is 11.3. The van der Waals surface area contributed by atoms with Gasteiger partial charge < -0.3 is 9.67 Å². The maximum Gasteiger partial charge on any atom is 0.337 e. The lowest BCUT2D eigenvalue weighted by atomic mass is 10.2. The largest absolute Gasteiger partial charge is 0.478 e. The number of hydrogen-bond acceptors (Lipinski definition) is 4. The van der Waals surface area contributed by atoms with E-state index in [9.17, 15) is 20.0 Å². The predicted molar refractivity (Wildman–Crippen MR) is 108 cm³/mol. The van der Waals surface area contributed by atoms with Crippen molar-refractivity contribution in [3.05, 3.63) is 86.2 Å². The first-order valence-corrected chi connectivity index (χ1v) is 8.66. The second kappa shape index (κ2) is 7.66. The zero-order chi connectivity index (χ0) is 20.4. The number of carboxylic acid groups (broad SMARTS) is 1. The maximum absolute atomic E-state index is 11.3. The molecule has 0 fully saturated rings. The molecule has 0 saturated carbocycles. The van der Waals surface area contributed by atoms with Crippen molar-refractivity contribution in [3.63, 3.8) is 0 Å². The third-order valence-corrected chi connectivity index (χ3v) is 4.65. The molecule has 0 aliphatic carbocycles. The van der Waals surface area contributed by atoms with Crippen LogP contribution in [0.5, 0.6) is 0 Å². The molecule has 0 bridgehead atoms. The van der Waals surface area contributed by atoms with Gasteiger partial charge in [0.15, 0.2) is 0 Å². The van der Waals surface area contributed by atoms with Crippen LogP contribution in [0.2, 0.25) is 5.02 Å². The highest BCUT2D eigenvalue weighted by Crippen LogP contribution is 2.25. The number of benzene rings is 2. The van der Waals surface area contributed by atoms with E-state index in [1.54, 1.807) is 30.5 Å². The molecule has 0 spiro atoms. The van der Waals surface area contributed by atoms with Gasteiger partial charge in [0.05, 0.1) is 21.2 Å². The molecule has 0 aliphatic heterocycles. The van der Waals surface area contributed by atoms with Gasteiger partial charge in [-0.3, -0.25) is 15.1 Å². The minimum atomic E-state index is -1.09. The number of non-ortho nitro benzene ring substituents is 1. The van der Waals surface area contributed by atoms with Gasteiger partial charge in [0, 0.05) is 41.0 Å². The normalized spacial score (nSPS) is 11.1. The molecule has 0 unspecified atom stereocenters. The number of aliphatic imine (C=N–C) groups is 1. The lowest BCUT2D eigenvalue weighted by Crippen LogP contribution is -2.03. The van der Waals surface area contributed by atoms with E-state index >= 15 is 0 Å². The van der Waals surface area contributed by atoms with Crippen LogP contribution in [0.1, 0.15) is 27.3 Å². The Hall–Kier alpha value is -3.45. The van der Waals surface area contributed by atoms with Crippen LogP contribution in [0.25, 0.3) is 5.69 Å². The Morgan fingerprint density at radius 3 is 2.46 bits per heavy atom. The van der Waals surface area contributed by atoms with Crippen LogP contribution in [-0.2, 0) is 0 Å². The highest BCUT2D eigenvalue weighted by Gasteiger charge is 2.14. The number of carboxylic acids is 1. The molecule has 0 aliphatic rings. The summed E-state index contributed by atoms with van der Waals surface area (Å²) >= 11 is 5.96. The summed E-state index contributed by atoms with van der Waals surface area (Å²) in [4.78, 5) is 26.0. The minimum absolute atomic E-state index is 0.00843. The third kappa shape index (κ3) is 3.79. The van der Waals surface area contributed by atoms with Crippen LogP contribution < -0.4 is 0 Å². The summed E-state index contributed by atoms with van der Waals surface area (Å²) in [7, 11) is 0. The van der Waals surface area contributed by atoms with Gasteiger partial charge in [-0.1, -0.05) is 11.6 Å². The minimum Gasteiger partial charge on any atom is -0.478 e. The van der Waals surface area contributed by atoms with Gasteiger partial charge in [0.2, 0.25) is 0 Å². The van der Waals surface area contributed by atoms with Crippen molar-refractivity contribution >= 4 is 35.2 Å². The summed E-state index contributed by atoms with van der Waals surface area (Å²) in [6.45, 7) is 3.81. The number of nitrogens with zero attached hydrogens (tertiary/aromatic N) is 3. The molecule has 142 valence electrons. The van der Waals surface area contributed by atoms with Crippen LogP contribution in [0.4, 0.5) is 11.4 Å². The van der Waals surface area contributed by atoms with Crippen molar-refractivity contribution in [1.29, 1.82) is 0 Å². The Bertz CT molecular complexity index is 1100. The Kier molecular flexibility index (Phi) is 5.28. The van der Waals surface area contributed by atoms with Gasteiger partial charge in [0.1, 0.15) is 0 Å². The van der Waals surface area contributed by atoms with Crippen LogP contribution in [0, 0.1) is 24.0 Å². The molecule has 1 N–H and O–H groups in total. The lowest BCUT2D eigenvalue weighted by molar-refractivity contribution is -0.384. The molecule has 1 aromatic heterocycles. The first-order valence-electron chi connectivity index (χ1n) is 8.28. The number of nitro benzene ring substituents is 1. The topological polar surface area (TPSA) is 97.7 Å². The molecule has 1 heterocycles. The first-order chi connectivity index (χ1) is 13.3.